The number of hydrogen-bond donors (Lipinski definition) is 2. The number of ether oxygens (including phenoxy) is 1. The number of aromatic hydroxyl groups is 1. The zero-order valence-electron chi connectivity index (χ0n) is 16.8. The molecule has 0 saturated carbocycles. The second-order valence-electron chi connectivity index (χ2n) is 7.23. The lowest BCUT2D eigenvalue weighted by Crippen LogP contribution is -2.33. The Balaban J connectivity index is 1.77. The van der Waals surface area contributed by atoms with Gasteiger partial charge in [0, 0.05) is 38.8 Å². The van der Waals surface area contributed by atoms with Crippen LogP contribution in [-0.2, 0) is 0 Å². The minimum Gasteiger partial charge on any atom is -0.508 e. The summed E-state index contributed by atoms with van der Waals surface area (Å²) in [6.07, 6.45) is -0.121. The lowest BCUT2D eigenvalue weighted by atomic mass is 9.93. The first-order chi connectivity index (χ1) is 14.9. The molecule has 4 rings (SSSR count). The summed E-state index contributed by atoms with van der Waals surface area (Å²) in [6.45, 7) is 2.52. The Hall–Kier alpha value is -2.41. The maximum atomic E-state index is 14.7. The molecule has 7 heteroatoms. The zero-order chi connectivity index (χ0) is 22.0. The Labute approximate surface area is 193 Å². The van der Waals surface area contributed by atoms with Gasteiger partial charge in [-0.3, -0.25) is 10.3 Å². The summed E-state index contributed by atoms with van der Waals surface area (Å²) in [5.74, 6) is 0.550. The molecule has 2 unspecified atom stereocenters. The summed E-state index contributed by atoms with van der Waals surface area (Å²) in [4.78, 5) is 4.82. The van der Waals surface area contributed by atoms with E-state index in [1.807, 2.05) is 31.2 Å². The highest BCUT2D eigenvalue weighted by Crippen LogP contribution is 2.37. The SMILES string of the molecule is CCOc1ccc(C2=NC(c3cc(Br)ccc3F)NC(c3cc(Cl)ccc3O)C2)cc1. The third kappa shape index (κ3) is 4.92. The number of hydrogen-bond acceptors (Lipinski definition) is 4. The van der Waals surface area contributed by atoms with E-state index in [0.717, 1.165) is 21.5 Å². The van der Waals surface area contributed by atoms with Crippen LogP contribution < -0.4 is 10.1 Å². The van der Waals surface area contributed by atoms with Gasteiger partial charge in [-0.2, -0.15) is 0 Å². The standard InChI is InChI=1S/C24H21BrClFN2O2/c1-2-31-17-7-3-14(4-8-17)21-13-22(19-12-16(26)6-10-23(19)30)29-24(28-21)18-11-15(25)5-9-20(18)27/h3-12,22,24,29-30H,2,13H2,1H3. The Morgan fingerprint density at radius 1 is 1.13 bits per heavy atom. The molecule has 0 aliphatic carbocycles. The maximum absolute atomic E-state index is 14.7. The van der Waals surface area contributed by atoms with Gasteiger partial charge >= 0.3 is 0 Å². The van der Waals surface area contributed by atoms with E-state index in [9.17, 15) is 9.50 Å². The van der Waals surface area contributed by atoms with Crippen molar-refractivity contribution in [2.75, 3.05) is 6.61 Å². The molecule has 1 aliphatic heterocycles. The Morgan fingerprint density at radius 3 is 2.65 bits per heavy atom. The number of phenolic OH excluding ortho intramolecular Hbond substituents is 1. The third-order valence-corrected chi connectivity index (χ3v) is 5.89. The summed E-state index contributed by atoms with van der Waals surface area (Å²) in [6, 6.07) is 17.1. The van der Waals surface area contributed by atoms with E-state index >= 15 is 0 Å². The van der Waals surface area contributed by atoms with Gasteiger partial charge in [-0.15, -0.1) is 0 Å². The van der Waals surface area contributed by atoms with Crippen LogP contribution in [-0.4, -0.2) is 17.4 Å². The van der Waals surface area contributed by atoms with Gasteiger partial charge in [-0.1, -0.05) is 27.5 Å². The quantitative estimate of drug-likeness (QED) is 0.414. The van der Waals surface area contributed by atoms with Crippen molar-refractivity contribution in [3.8, 4) is 11.5 Å². The first kappa shape index (κ1) is 21.8. The molecule has 0 aromatic heterocycles. The number of phenols is 1. The van der Waals surface area contributed by atoms with Crippen molar-refractivity contribution in [1.29, 1.82) is 0 Å². The van der Waals surface area contributed by atoms with Gasteiger partial charge in [0.1, 0.15) is 23.5 Å². The topological polar surface area (TPSA) is 53.8 Å². The van der Waals surface area contributed by atoms with Crippen LogP contribution in [0.2, 0.25) is 5.02 Å². The van der Waals surface area contributed by atoms with E-state index in [1.165, 1.54) is 6.07 Å². The molecule has 0 saturated heterocycles. The monoisotopic (exact) mass is 502 g/mol. The molecule has 0 bridgehead atoms. The van der Waals surface area contributed by atoms with Crippen LogP contribution in [0.1, 0.15) is 42.2 Å². The fourth-order valence-corrected chi connectivity index (χ4v) is 4.24. The Bertz CT molecular complexity index is 1120. The molecule has 3 aromatic rings. The first-order valence-electron chi connectivity index (χ1n) is 9.94. The highest BCUT2D eigenvalue weighted by atomic mass is 79.9. The van der Waals surface area contributed by atoms with Crippen LogP contribution in [0.3, 0.4) is 0 Å². The van der Waals surface area contributed by atoms with E-state index < -0.39 is 6.17 Å². The number of halogens is 3. The highest BCUT2D eigenvalue weighted by Gasteiger charge is 2.29. The number of nitrogens with zero attached hydrogens (tertiary/aromatic N) is 1. The summed E-state index contributed by atoms with van der Waals surface area (Å²) < 4.78 is 21.0. The molecule has 2 atom stereocenters. The van der Waals surface area contributed by atoms with E-state index in [4.69, 9.17) is 21.3 Å². The Morgan fingerprint density at radius 2 is 1.90 bits per heavy atom. The molecule has 1 heterocycles. The normalized spacial score (nSPS) is 18.5. The Kier molecular flexibility index (Phi) is 6.60. The second-order valence-corrected chi connectivity index (χ2v) is 8.58. The van der Waals surface area contributed by atoms with Crippen molar-refractivity contribution in [2.45, 2.75) is 25.6 Å². The fraction of sp³-hybridized carbons (Fsp3) is 0.208. The van der Waals surface area contributed by atoms with Crippen molar-refractivity contribution in [1.82, 2.24) is 5.32 Å². The lowest BCUT2D eigenvalue weighted by molar-refractivity contribution is 0.340. The minimum absolute atomic E-state index is 0.128. The molecule has 0 amide bonds. The fourth-order valence-electron chi connectivity index (χ4n) is 3.68. The average Bonchev–Trinajstić information content (AvgIpc) is 2.77. The van der Waals surface area contributed by atoms with Crippen molar-refractivity contribution in [3.63, 3.8) is 0 Å². The lowest BCUT2D eigenvalue weighted by Gasteiger charge is -2.31. The molecule has 0 radical (unpaired) electrons. The number of rotatable bonds is 5. The number of nitrogens with one attached hydrogen (secondary N) is 1. The molecule has 160 valence electrons. The minimum atomic E-state index is -0.629. The van der Waals surface area contributed by atoms with E-state index in [1.54, 1.807) is 30.3 Å². The molecule has 1 aliphatic rings. The van der Waals surface area contributed by atoms with Gasteiger partial charge in [0.25, 0.3) is 0 Å². The van der Waals surface area contributed by atoms with E-state index in [0.29, 0.717) is 29.2 Å². The molecule has 2 N–H and O–H groups in total. The summed E-state index contributed by atoms with van der Waals surface area (Å²) in [5.41, 5.74) is 2.78. The molecule has 0 spiro atoms. The van der Waals surface area contributed by atoms with Crippen LogP contribution in [0.15, 0.2) is 70.1 Å². The first-order valence-corrected chi connectivity index (χ1v) is 11.1. The van der Waals surface area contributed by atoms with Crippen LogP contribution in [0.25, 0.3) is 0 Å². The van der Waals surface area contributed by atoms with E-state index in [-0.39, 0.29) is 17.6 Å². The molecule has 31 heavy (non-hydrogen) atoms. The molecule has 0 fully saturated rings. The van der Waals surface area contributed by atoms with Crippen LogP contribution in [0.5, 0.6) is 11.5 Å². The van der Waals surface area contributed by atoms with Crippen molar-refractivity contribution in [3.05, 3.63) is 92.7 Å². The van der Waals surface area contributed by atoms with Crippen molar-refractivity contribution < 1.29 is 14.2 Å². The predicted molar refractivity (Wildman–Crippen MR) is 125 cm³/mol. The van der Waals surface area contributed by atoms with Crippen molar-refractivity contribution >= 4 is 33.2 Å². The maximum Gasteiger partial charge on any atom is 0.129 e. The number of benzene rings is 3. The smallest absolute Gasteiger partial charge is 0.129 e. The van der Waals surface area contributed by atoms with Gasteiger partial charge in [0.2, 0.25) is 0 Å². The summed E-state index contributed by atoms with van der Waals surface area (Å²) in [5, 5.41) is 14.3. The highest BCUT2D eigenvalue weighted by molar-refractivity contribution is 9.10. The second kappa shape index (κ2) is 9.39. The van der Waals surface area contributed by atoms with Gasteiger partial charge in [0.15, 0.2) is 0 Å². The molecule has 3 aromatic carbocycles. The van der Waals surface area contributed by atoms with Gasteiger partial charge in [0.05, 0.1) is 6.61 Å². The number of aliphatic imine (C=N–C) groups is 1. The zero-order valence-corrected chi connectivity index (χ0v) is 19.1. The molecular weight excluding hydrogens is 483 g/mol. The van der Waals surface area contributed by atoms with Crippen LogP contribution >= 0.6 is 27.5 Å². The van der Waals surface area contributed by atoms with Gasteiger partial charge in [-0.05, 0) is 73.2 Å². The third-order valence-electron chi connectivity index (χ3n) is 5.16. The predicted octanol–water partition coefficient (Wildman–Crippen LogP) is 6.57. The van der Waals surface area contributed by atoms with E-state index in [2.05, 4.69) is 21.2 Å². The summed E-state index contributed by atoms with van der Waals surface area (Å²) >= 11 is 9.60. The van der Waals surface area contributed by atoms with Crippen LogP contribution in [0, 0.1) is 5.82 Å². The van der Waals surface area contributed by atoms with Gasteiger partial charge in [-0.25, -0.2) is 4.39 Å². The molecule has 4 nitrogen and oxygen atoms in total. The van der Waals surface area contributed by atoms with Crippen LogP contribution in [0.4, 0.5) is 4.39 Å². The van der Waals surface area contributed by atoms with Crippen molar-refractivity contribution in [2.24, 2.45) is 4.99 Å². The largest absolute Gasteiger partial charge is 0.508 e. The molecular formula is C24H21BrClFN2O2. The van der Waals surface area contributed by atoms with Gasteiger partial charge < -0.3 is 9.84 Å². The average molecular weight is 504 g/mol. The summed E-state index contributed by atoms with van der Waals surface area (Å²) in [7, 11) is 0.